The molecule has 2 nitrogen and oxygen atoms in total. The normalized spacial score (nSPS) is 11.9. The fraction of sp³-hybridized carbons (Fsp3) is 0.308. The van der Waals surface area contributed by atoms with Crippen molar-refractivity contribution >= 4 is 37.2 Å². The van der Waals surface area contributed by atoms with Crippen LogP contribution in [0, 0.1) is 27.3 Å². The van der Waals surface area contributed by atoms with Crippen LogP contribution in [0.3, 0.4) is 0 Å². The van der Waals surface area contributed by atoms with E-state index in [-0.39, 0.29) is 5.41 Å². The summed E-state index contributed by atoms with van der Waals surface area (Å²) in [6.07, 6.45) is 2.22. The molecule has 0 saturated carbocycles. The molecule has 0 spiro atoms. The Bertz CT molecular complexity index is 1330. The van der Waals surface area contributed by atoms with E-state index >= 15 is 0 Å². The van der Waals surface area contributed by atoms with Gasteiger partial charge in [-0.05, 0) is 54.3 Å². The molecule has 0 saturated heterocycles. The predicted molar refractivity (Wildman–Crippen MR) is 125 cm³/mol. The van der Waals surface area contributed by atoms with E-state index in [4.69, 9.17) is 6.57 Å². The van der Waals surface area contributed by atoms with Gasteiger partial charge in [0, 0.05) is 26.4 Å². The third-order valence-corrected chi connectivity index (χ3v) is 7.03. The first kappa shape index (κ1) is 19.6. The summed E-state index contributed by atoms with van der Waals surface area (Å²) >= 11 is 1.82. The predicted octanol–water partition coefficient (Wildman–Crippen LogP) is 7.32. The molecule has 0 unspecified atom stereocenters. The monoisotopic (exact) mass is 399 g/mol. The van der Waals surface area contributed by atoms with Gasteiger partial charge >= 0.3 is 0 Å². The molecule has 0 fully saturated rings. The molecular formula is C26H27N2S+. The molecule has 146 valence electrons. The average Bonchev–Trinajstić information content (AvgIpc) is 3.01. The second-order valence-electron chi connectivity index (χ2n) is 9.10. The maximum absolute atomic E-state index is 7.40. The second kappa shape index (κ2) is 6.68. The zero-order chi connectivity index (χ0) is 21.1. The van der Waals surface area contributed by atoms with Crippen molar-refractivity contribution in [1.29, 1.82) is 0 Å². The largest absolute Gasteiger partial charge is 0.238 e. The Kier molecular flexibility index (Phi) is 4.52. The molecule has 4 aromatic rings. The van der Waals surface area contributed by atoms with Crippen LogP contribution in [-0.2, 0) is 12.5 Å². The molecule has 2 aromatic heterocycles. The van der Waals surface area contributed by atoms with Gasteiger partial charge in [-0.2, -0.15) is 0 Å². The van der Waals surface area contributed by atoms with Crippen molar-refractivity contribution in [3.05, 3.63) is 70.2 Å². The van der Waals surface area contributed by atoms with Crippen molar-refractivity contribution in [3.63, 3.8) is 0 Å². The van der Waals surface area contributed by atoms with E-state index in [1.54, 1.807) is 0 Å². The number of nitrogens with zero attached hydrogens (tertiary/aromatic N) is 2. The number of hydrogen-bond acceptors (Lipinski definition) is 1. The lowest BCUT2D eigenvalue weighted by atomic mass is 9.81. The van der Waals surface area contributed by atoms with Gasteiger partial charge in [0.1, 0.15) is 7.05 Å². The Labute approximate surface area is 177 Å². The summed E-state index contributed by atoms with van der Waals surface area (Å²) in [6.45, 7) is 20.8. The molecule has 0 bridgehead atoms. The first-order valence-electron chi connectivity index (χ1n) is 9.97. The lowest BCUT2D eigenvalue weighted by Gasteiger charge is -2.23. The van der Waals surface area contributed by atoms with E-state index in [9.17, 15) is 0 Å². The zero-order valence-corrected chi connectivity index (χ0v) is 19.1. The minimum Gasteiger partial charge on any atom is -0.238 e. The molecular weight excluding hydrogens is 372 g/mol. The molecule has 0 aliphatic heterocycles. The van der Waals surface area contributed by atoms with Crippen LogP contribution in [0.4, 0.5) is 5.69 Å². The molecule has 0 aliphatic carbocycles. The summed E-state index contributed by atoms with van der Waals surface area (Å²) in [5.41, 5.74) is 8.59. The van der Waals surface area contributed by atoms with Crippen molar-refractivity contribution in [2.45, 2.75) is 47.0 Å². The van der Waals surface area contributed by atoms with Crippen molar-refractivity contribution in [2.75, 3.05) is 0 Å². The highest BCUT2D eigenvalue weighted by Gasteiger charge is 2.26. The number of thiophene rings is 1. The quantitative estimate of drug-likeness (QED) is 0.234. The molecule has 0 aliphatic rings. The summed E-state index contributed by atoms with van der Waals surface area (Å²) < 4.78 is 4.76. The number of rotatable bonds is 1. The highest BCUT2D eigenvalue weighted by molar-refractivity contribution is 7.26. The van der Waals surface area contributed by atoms with Gasteiger partial charge < -0.3 is 0 Å². The highest BCUT2D eigenvalue weighted by atomic mass is 32.1. The van der Waals surface area contributed by atoms with Crippen LogP contribution in [-0.4, -0.2) is 0 Å². The molecule has 29 heavy (non-hydrogen) atoms. The van der Waals surface area contributed by atoms with E-state index in [1.165, 1.54) is 53.7 Å². The lowest BCUT2D eigenvalue weighted by molar-refractivity contribution is -0.660. The third kappa shape index (κ3) is 3.12. The summed E-state index contributed by atoms with van der Waals surface area (Å²) in [7, 11) is 2.13. The number of hydrogen-bond donors (Lipinski definition) is 0. The van der Waals surface area contributed by atoms with Gasteiger partial charge in [0.15, 0.2) is 11.9 Å². The number of aryl methyl sites for hydroxylation is 4. The van der Waals surface area contributed by atoms with Crippen LogP contribution >= 0.6 is 11.3 Å². The topological polar surface area (TPSA) is 8.24 Å². The van der Waals surface area contributed by atoms with Crippen LogP contribution in [0.1, 0.15) is 43.0 Å². The Morgan fingerprint density at radius 1 is 0.966 bits per heavy atom. The van der Waals surface area contributed by atoms with Gasteiger partial charge in [0.25, 0.3) is 0 Å². The van der Waals surface area contributed by atoms with E-state index in [2.05, 4.69) is 82.4 Å². The molecule has 3 heteroatoms. The number of benzene rings is 2. The van der Waals surface area contributed by atoms with Gasteiger partial charge in [0.2, 0.25) is 5.69 Å². The first-order chi connectivity index (χ1) is 13.6. The Morgan fingerprint density at radius 3 is 2.34 bits per heavy atom. The Balaban J connectivity index is 2.21. The molecule has 2 aromatic carbocycles. The minimum atomic E-state index is 0.0411. The molecule has 2 heterocycles. The molecule has 0 radical (unpaired) electrons. The van der Waals surface area contributed by atoms with Crippen molar-refractivity contribution in [3.8, 4) is 11.3 Å². The Morgan fingerprint density at radius 2 is 1.69 bits per heavy atom. The number of aromatic nitrogens is 1. The maximum Gasteiger partial charge on any atom is 0.214 e. The first-order valence-corrected chi connectivity index (χ1v) is 10.8. The van der Waals surface area contributed by atoms with Crippen molar-refractivity contribution in [2.24, 2.45) is 7.05 Å². The summed E-state index contributed by atoms with van der Waals surface area (Å²) in [4.78, 5) is 3.65. The summed E-state index contributed by atoms with van der Waals surface area (Å²) in [5.74, 6) is 0. The smallest absolute Gasteiger partial charge is 0.214 e. The van der Waals surface area contributed by atoms with Crippen molar-refractivity contribution < 1.29 is 4.57 Å². The molecule has 0 N–H and O–H groups in total. The van der Waals surface area contributed by atoms with Gasteiger partial charge in [0.05, 0.1) is 12.1 Å². The van der Waals surface area contributed by atoms with Crippen LogP contribution in [0.15, 0.2) is 36.5 Å². The van der Waals surface area contributed by atoms with Gasteiger partial charge in [-0.25, -0.2) is 9.41 Å². The van der Waals surface area contributed by atoms with Crippen LogP contribution in [0.5, 0.6) is 0 Å². The molecule has 0 amide bonds. The van der Waals surface area contributed by atoms with E-state index in [1.807, 2.05) is 23.5 Å². The van der Waals surface area contributed by atoms with Crippen LogP contribution < -0.4 is 4.57 Å². The third-order valence-electron chi connectivity index (χ3n) is 5.86. The fourth-order valence-electron chi connectivity index (χ4n) is 4.18. The molecule has 0 atom stereocenters. The number of fused-ring (bicyclic) bond motifs is 3. The van der Waals surface area contributed by atoms with E-state index < -0.39 is 0 Å². The summed E-state index contributed by atoms with van der Waals surface area (Å²) in [5, 5.41) is 2.60. The van der Waals surface area contributed by atoms with Gasteiger partial charge in [-0.1, -0.05) is 39.0 Å². The van der Waals surface area contributed by atoms with E-state index in [0.29, 0.717) is 5.69 Å². The van der Waals surface area contributed by atoms with E-state index in [0.717, 1.165) is 0 Å². The minimum absolute atomic E-state index is 0.0411. The van der Waals surface area contributed by atoms with Crippen LogP contribution in [0.25, 0.3) is 36.3 Å². The Hall–Kier alpha value is -2.70. The number of pyridine rings is 1. The van der Waals surface area contributed by atoms with Gasteiger partial charge in [-0.15, -0.1) is 11.3 Å². The van der Waals surface area contributed by atoms with Crippen molar-refractivity contribution in [1.82, 2.24) is 0 Å². The fourth-order valence-corrected chi connectivity index (χ4v) is 5.55. The second-order valence-corrected chi connectivity index (χ2v) is 10.2. The summed E-state index contributed by atoms with van der Waals surface area (Å²) in [6, 6.07) is 10.8. The average molecular weight is 400 g/mol. The van der Waals surface area contributed by atoms with Gasteiger partial charge in [-0.3, -0.25) is 0 Å². The SMILES string of the molecule is [C-]#[N+]c1ccc2c(c1)sc1c(-c3cc(C)c(C)c[n+]3C)c(C)cc(C(C)(C)C)c12. The maximum atomic E-state index is 7.40. The zero-order valence-electron chi connectivity index (χ0n) is 18.3. The van der Waals surface area contributed by atoms with Crippen LogP contribution in [0.2, 0.25) is 0 Å². The lowest BCUT2D eigenvalue weighted by Crippen LogP contribution is -2.31. The molecule has 4 rings (SSSR count). The highest BCUT2D eigenvalue weighted by Crippen LogP contribution is 2.46. The standard InChI is InChI=1S/C26H27N2S/c1-15-12-21(28(8)14-17(15)3)23-16(2)11-20(26(4,5)6)24-19-10-9-18(27-7)13-22(19)29-25(23)24/h9-14H,1-6,8H3/q+1.